The lowest BCUT2D eigenvalue weighted by Gasteiger charge is -2.33. The molecule has 7 heteroatoms. The van der Waals surface area contributed by atoms with Crippen LogP contribution in [0.1, 0.15) is 23.2 Å². The molecule has 3 aromatic rings. The van der Waals surface area contributed by atoms with Gasteiger partial charge in [0.05, 0.1) is 11.9 Å². The van der Waals surface area contributed by atoms with Crippen LogP contribution in [0.3, 0.4) is 0 Å². The minimum absolute atomic E-state index is 0.859. The fourth-order valence-electron chi connectivity index (χ4n) is 3.29. The van der Waals surface area contributed by atoms with Gasteiger partial charge in [-0.3, -0.25) is 9.30 Å². The summed E-state index contributed by atoms with van der Waals surface area (Å²) >= 11 is 1.76. The van der Waals surface area contributed by atoms with Crippen molar-refractivity contribution in [1.29, 1.82) is 0 Å². The van der Waals surface area contributed by atoms with Gasteiger partial charge in [-0.25, -0.2) is 4.98 Å². The molecule has 4 rings (SSSR count). The third-order valence-corrected chi connectivity index (χ3v) is 6.03. The summed E-state index contributed by atoms with van der Waals surface area (Å²) in [5.41, 5.74) is 2.22. The molecule has 1 saturated heterocycles. The Balaban J connectivity index is 1.70. The molecule has 0 amide bonds. The molecule has 0 saturated carbocycles. The number of piperazine rings is 1. The van der Waals surface area contributed by atoms with Gasteiger partial charge >= 0.3 is 0 Å². The van der Waals surface area contributed by atoms with E-state index in [2.05, 4.69) is 45.2 Å². The molecule has 1 aliphatic heterocycles. The molecule has 0 unspecified atom stereocenters. The highest BCUT2D eigenvalue weighted by molar-refractivity contribution is 7.18. The van der Waals surface area contributed by atoms with Gasteiger partial charge in [-0.15, -0.1) is 21.5 Å². The van der Waals surface area contributed by atoms with E-state index in [-0.39, 0.29) is 0 Å². The number of thiophene rings is 1. The van der Waals surface area contributed by atoms with Crippen molar-refractivity contribution >= 4 is 27.2 Å². The molecule has 0 atom stereocenters. The van der Waals surface area contributed by atoms with E-state index < -0.39 is 0 Å². The molecule has 4 heterocycles. The highest BCUT2D eigenvalue weighted by Gasteiger charge is 2.20. The van der Waals surface area contributed by atoms with Crippen LogP contribution in [-0.4, -0.2) is 62.1 Å². The lowest BCUT2D eigenvalue weighted by atomic mass is 10.2. The van der Waals surface area contributed by atoms with E-state index >= 15 is 0 Å². The van der Waals surface area contributed by atoms with Crippen molar-refractivity contribution in [3.05, 3.63) is 22.6 Å². The number of aryl methyl sites for hydroxylation is 2. The van der Waals surface area contributed by atoms with Gasteiger partial charge in [0.15, 0.2) is 5.65 Å². The first-order valence-corrected chi connectivity index (χ1v) is 9.02. The Morgan fingerprint density at radius 2 is 1.87 bits per heavy atom. The molecular formula is C16H22N6S. The maximum atomic E-state index is 4.94. The number of nitrogens with zero attached hydrogens (tertiary/aromatic N) is 6. The first-order valence-electron chi connectivity index (χ1n) is 8.20. The topological polar surface area (TPSA) is 49.6 Å². The standard InChI is InChI=1S/C16H22N6S/c1-4-20-5-7-21(8-6-20)9-13-18-16-14(11(2)12(3)23-16)15-19-17-10-22(13)15/h10H,4-9H2,1-3H3. The average Bonchev–Trinajstić information content (AvgIpc) is 3.14. The Labute approximate surface area is 139 Å². The Kier molecular flexibility index (Phi) is 3.79. The summed E-state index contributed by atoms with van der Waals surface area (Å²) in [5, 5.41) is 9.64. The summed E-state index contributed by atoms with van der Waals surface area (Å²) in [6, 6.07) is 0. The van der Waals surface area contributed by atoms with Crippen molar-refractivity contribution in [2.45, 2.75) is 27.3 Å². The van der Waals surface area contributed by atoms with Crippen molar-refractivity contribution in [3.8, 4) is 0 Å². The summed E-state index contributed by atoms with van der Waals surface area (Å²) in [6.45, 7) is 13.0. The van der Waals surface area contributed by atoms with Gasteiger partial charge in [0.2, 0.25) is 0 Å². The molecule has 0 aromatic carbocycles. The van der Waals surface area contributed by atoms with Crippen LogP contribution in [0.4, 0.5) is 0 Å². The number of aromatic nitrogens is 4. The van der Waals surface area contributed by atoms with Crippen molar-refractivity contribution in [2.75, 3.05) is 32.7 Å². The second-order valence-electron chi connectivity index (χ2n) is 6.23. The quantitative estimate of drug-likeness (QED) is 0.736. The molecular weight excluding hydrogens is 308 g/mol. The molecule has 1 fully saturated rings. The number of rotatable bonds is 3. The average molecular weight is 330 g/mol. The third-order valence-electron chi connectivity index (χ3n) is 4.92. The van der Waals surface area contributed by atoms with Crippen molar-refractivity contribution < 1.29 is 0 Å². The normalized spacial score (nSPS) is 17.5. The Morgan fingerprint density at radius 1 is 1.13 bits per heavy atom. The summed E-state index contributed by atoms with van der Waals surface area (Å²) in [4.78, 5) is 12.3. The SMILES string of the molecule is CCN1CCN(Cc2nc3sc(C)c(C)c3c3nncn23)CC1. The molecule has 23 heavy (non-hydrogen) atoms. The molecule has 0 aliphatic carbocycles. The van der Waals surface area contributed by atoms with Crippen LogP contribution >= 0.6 is 11.3 Å². The van der Waals surface area contributed by atoms with Gasteiger partial charge in [0, 0.05) is 31.1 Å². The van der Waals surface area contributed by atoms with E-state index in [0.717, 1.165) is 61.0 Å². The lowest BCUT2D eigenvalue weighted by molar-refractivity contribution is 0.129. The van der Waals surface area contributed by atoms with Gasteiger partial charge in [-0.2, -0.15) is 0 Å². The van der Waals surface area contributed by atoms with Gasteiger partial charge in [0.25, 0.3) is 0 Å². The highest BCUT2D eigenvalue weighted by Crippen LogP contribution is 2.31. The zero-order valence-electron chi connectivity index (χ0n) is 13.9. The maximum absolute atomic E-state index is 4.94. The molecule has 0 radical (unpaired) electrons. The molecule has 122 valence electrons. The van der Waals surface area contributed by atoms with Crippen molar-refractivity contribution in [3.63, 3.8) is 0 Å². The first kappa shape index (κ1) is 15.0. The Morgan fingerprint density at radius 3 is 2.61 bits per heavy atom. The van der Waals surface area contributed by atoms with Crippen LogP contribution in [0.15, 0.2) is 6.33 Å². The first-order chi connectivity index (χ1) is 11.2. The van der Waals surface area contributed by atoms with Crippen LogP contribution in [0.25, 0.3) is 15.9 Å². The van der Waals surface area contributed by atoms with E-state index in [9.17, 15) is 0 Å². The van der Waals surface area contributed by atoms with Gasteiger partial charge in [0.1, 0.15) is 17.0 Å². The minimum atomic E-state index is 0.859. The van der Waals surface area contributed by atoms with Crippen LogP contribution in [-0.2, 0) is 6.54 Å². The Hall–Kier alpha value is -1.57. The maximum Gasteiger partial charge on any atom is 0.172 e. The van der Waals surface area contributed by atoms with E-state index in [1.54, 1.807) is 17.7 Å². The second-order valence-corrected chi connectivity index (χ2v) is 7.43. The fraction of sp³-hybridized carbons (Fsp3) is 0.562. The van der Waals surface area contributed by atoms with Gasteiger partial charge < -0.3 is 4.90 Å². The molecule has 0 N–H and O–H groups in total. The zero-order chi connectivity index (χ0) is 16.0. The van der Waals surface area contributed by atoms with Crippen molar-refractivity contribution in [2.24, 2.45) is 0 Å². The smallest absolute Gasteiger partial charge is 0.172 e. The fourth-order valence-corrected chi connectivity index (χ4v) is 4.33. The van der Waals surface area contributed by atoms with Gasteiger partial charge in [-0.05, 0) is 26.0 Å². The van der Waals surface area contributed by atoms with E-state index in [1.165, 1.54) is 10.4 Å². The van der Waals surface area contributed by atoms with Crippen LogP contribution in [0.2, 0.25) is 0 Å². The zero-order valence-corrected chi connectivity index (χ0v) is 14.7. The predicted molar refractivity (Wildman–Crippen MR) is 93.0 cm³/mol. The van der Waals surface area contributed by atoms with E-state index in [1.807, 2.05) is 0 Å². The number of likely N-dealkylation sites (N-methyl/N-ethyl adjacent to an activating group) is 1. The number of hydrogen-bond acceptors (Lipinski definition) is 6. The summed E-state index contributed by atoms with van der Waals surface area (Å²) in [7, 11) is 0. The monoisotopic (exact) mass is 330 g/mol. The van der Waals surface area contributed by atoms with E-state index in [4.69, 9.17) is 4.98 Å². The number of fused-ring (bicyclic) bond motifs is 3. The molecule has 0 bridgehead atoms. The minimum Gasteiger partial charge on any atom is -0.301 e. The van der Waals surface area contributed by atoms with E-state index in [0.29, 0.717) is 0 Å². The lowest BCUT2D eigenvalue weighted by Crippen LogP contribution is -2.45. The summed E-state index contributed by atoms with van der Waals surface area (Å²) in [6.07, 6.45) is 1.80. The largest absolute Gasteiger partial charge is 0.301 e. The Bertz CT molecular complexity index is 843. The predicted octanol–water partition coefficient (Wildman–Crippen LogP) is 2.09. The highest BCUT2D eigenvalue weighted by atomic mass is 32.1. The molecule has 6 nitrogen and oxygen atoms in total. The molecule has 0 spiro atoms. The molecule has 1 aliphatic rings. The van der Waals surface area contributed by atoms with Gasteiger partial charge in [-0.1, -0.05) is 6.92 Å². The number of hydrogen-bond donors (Lipinski definition) is 0. The third kappa shape index (κ3) is 2.52. The summed E-state index contributed by atoms with van der Waals surface area (Å²) < 4.78 is 2.06. The second kappa shape index (κ2) is 5.81. The summed E-state index contributed by atoms with van der Waals surface area (Å²) in [5.74, 6) is 1.05. The van der Waals surface area contributed by atoms with Crippen LogP contribution < -0.4 is 0 Å². The van der Waals surface area contributed by atoms with Crippen LogP contribution in [0, 0.1) is 13.8 Å². The van der Waals surface area contributed by atoms with Crippen LogP contribution in [0.5, 0.6) is 0 Å². The van der Waals surface area contributed by atoms with Crippen molar-refractivity contribution in [1.82, 2.24) is 29.4 Å². The molecule has 3 aromatic heterocycles.